The van der Waals surface area contributed by atoms with Crippen molar-refractivity contribution in [3.05, 3.63) is 0 Å². The van der Waals surface area contributed by atoms with E-state index in [9.17, 15) is 0 Å². The molecular formula is C18H38ClNO. The normalized spacial score (nSPS) is 16.9. The van der Waals surface area contributed by atoms with Gasteiger partial charge in [-0.2, -0.15) is 0 Å². The Morgan fingerprint density at radius 2 is 1.38 bits per heavy atom. The van der Waals surface area contributed by atoms with Crippen molar-refractivity contribution in [2.45, 2.75) is 84.0 Å². The van der Waals surface area contributed by atoms with Gasteiger partial charge in [0.25, 0.3) is 0 Å². The molecular weight excluding hydrogens is 282 g/mol. The lowest BCUT2D eigenvalue weighted by Crippen LogP contribution is -2.34. The third kappa shape index (κ3) is 11.4. The highest BCUT2D eigenvalue weighted by molar-refractivity contribution is 5.85. The molecule has 0 aromatic heterocycles. The Bertz CT molecular complexity index is 205. The quantitative estimate of drug-likeness (QED) is 0.510. The summed E-state index contributed by atoms with van der Waals surface area (Å²) in [5, 5.41) is 8.70. The van der Waals surface area contributed by atoms with E-state index in [4.69, 9.17) is 5.11 Å². The van der Waals surface area contributed by atoms with Crippen LogP contribution < -0.4 is 0 Å². The van der Waals surface area contributed by atoms with Crippen LogP contribution in [0.4, 0.5) is 0 Å². The summed E-state index contributed by atoms with van der Waals surface area (Å²) in [6, 6.07) is 0. The third-order valence-electron chi connectivity index (χ3n) is 4.79. The Morgan fingerprint density at radius 1 is 0.857 bits per heavy atom. The minimum Gasteiger partial charge on any atom is -0.396 e. The van der Waals surface area contributed by atoms with E-state index >= 15 is 0 Å². The fourth-order valence-corrected chi connectivity index (χ4v) is 3.41. The van der Waals surface area contributed by atoms with Gasteiger partial charge in [0.2, 0.25) is 0 Å². The van der Waals surface area contributed by atoms with Crippen LogP contribution in [0.15, 0.2) is 0 Å². The summed E-state index contributed by atoms with van der Waals surface area (Å²) in [6.45, 7) is 6.73. The Kier molecular flexibility index (Phi) is 15.3. The fourth-order valence-electron chi connectivity index (χ4n) is 3.41. The predicted octanol–water partition coefficient (Wildman–Crippen LogP) is 5.03. The summed E-state index contributed by atoms with van der Waals surface area (Å²) in [4.78, 5) is 2.69. The first-order valence-electron chi connectivity index (χ1n) is 9.20. The zero-order chi connectivity index (χ0) is 14.5. The van der Waals surface area contributed by atoms with E-state index in [1.807, 2.05) is 0 Å². The molecule has 128 valence electrons. The van der Waals surface area contributed by atoms with E-state index in [0.29, 0.717) is 6.61 Å². The first kappa shape index (κ1) is 21.2. The highest BCUT2D eigenvalue weighted by Crippen LogP contribution is 2.21. The molecule has 1 rings (SSSR count). The van der Waals surface area contributed by atoms with Crippen LogP contribution in [-0.4, -0.2) is 36.2 Å². The number of halogens is 1. The van der Waals surface area contributed by atoms with E-state index < -0.39 is 0 Å². The lowest BCUT2D eigenvalue weighted by Gasteiger charge is -2.31. The summed E-state index contributed by atoms with van der Waals surface area (Å²) in [7, 11) is 0. The number of hydrogen-bond acceptors (Lipinski definition) is 2. The van der Waals surface area contributed by atoms with Crippen LogP contribution in [0.2, 0.25) is 0 Å². The summed E-state index contributed by atoms with van der Waals surface area (Å²) in [5.41, 5.74) is 0. The van der Waals surface area contributed by atoms with Crippen molar-refractivity contribution in [3.63, 3.8) is 0 Å². The van der Waals surface area contributed by atoms with Gasteiger partial charge in [-0.15, -0.1) is 12.4 Å². The second-order valence-corrected chi connectivity index (χ2v) is 6.63. The Balaban J connectivity index is 0.00000400. The minimum atomic E-state index is 0. The van der Waals surface area contributed by atoms with Gasteiger partial charge in [-0.25, -0.2) is 0 Å². The van der Waals surface area contributed by atoms with Gasteiger partial charge < -0.3 is 10.0 Å². The van der Waals surface area contributed by atoms with Gasteiger partial charge in [0, 0.05) is 6.61 Å². The fraction of sp³-hybridized carbons (Fsp3) is 1.00. The lowest BCUT2D eigenvalue weighted by atomic mass is 9.92. The first-order chi connectivity index (χ1) is 9.86. The molecule has 1 aliphatic heterocycles. The number of hydrogen-bond donors (Lipinski definition) is 1. The molecule has 0 unspecified atom stereocenters. The van der Waals surface area contributed by atoms with Crippen molar-refractivity contribution in [2.75, 3.05) is 26.2 Å². The van der Waals surface area contributed by atoms with Gasteiger partial charge in [0.05, 0.1) is 0 Å². The highest BCUT2D eigenvalue weighted by atomic mass is 35.5. The van der Waals surface area contributed by atoms with Crippen molar-refractivity contribution < 1.29 is 5.11 Å². The minimum absolute atomic E-state index is 0. The molecule has 0 bridgehead atoms. The maximum atomic E-state index is 8.70. The molecule has 0 amide bonds. The number of nitrogens with zero attached hydrogens (tertiary/aromatic N) is 1. The molecule has 0 spiro atoms. The second kappa shape index (κ2) is 15.1. The van der Waals surface area contributed by atoms with E-state index in [1.165, 1.54) is 90.3 Å². The predicted molar refractivity (Wildman–Crippen MR) is 95.3 cm³/mol. The van der Waals surface area contributed by atoms with Crippen LogP contribution in [0.3, 0.4) is 0 Å². The lowest BCUT2D eigenvalue weighted by molar-refractivity contribution is 0.175. The molecule has 2 nitrogen and oxygen atoms in total. The van der Waals surface area contributed by atoms with E-state index in [0.717, 1.165) is 12.3 Å². The Labute approximate surface area is 139 Å². The van der Waals surface area contributed by atoms with Gasteiger partial charge in [-0.1, -0.05) is 58.3 Å². The molecule has 1 aliphatic rings. The van der Waals surface area contributed by atoms with E-state index in [1.54, 1.807) is 0 Å². The van der Waals surface area contributed by atoms with Crippen molar-refractivity contribution in [3.8, 4) is 0 Å². The molecule has 1 fully saturated rings. The zero-order valence-corrected chi connectivity index (χ0v) is 15.0. The molecule has 0 aliphatic carbocycles. The molecule has 0 aromatic rings. The molecule has 3 heteroatoms. The van der Waals surface area contributed by atoms with Crippen LogP contribution in [-0.2, 0) is 0 Å². The molecule has 0 aromatic carbocycles. The van der Waals surface area contributed by atoms with Crippen LogP contribution in [0.25, 0.3) is 0 Å². The highest BCUT2D eigenvalue weighted by Gasteiger charge is 2.17. The Hall–Kier alpha value is 0.210. The third-order valence-corrected chi connectivity index (χ3v) is 4.79. The number of rotatable bonds is 12. The first-order valence-corrected chi connectivity index (χ1v) is 9.20. The molecule has 1 N–H and O–H groups in total. The summed E-state index contributed by atoms with van der Waals surface area (Å²) < 4.78 is 0. The smallest absolute Gasteiger partial charge is 0.0431 e. The van der Waals surface area contributed by atoms with Crippen molar-refractivity contribution >= 4 is 12.4 Å². The second-order valence-electron chi connectivity index (χ2n) is 6.63. The maximum Gasteiger partial charge on any atom is 0.0431 e. The monoisotopic (exact) mass is 319 g/mol. The number of aliphatic hydroxyl groups is 1. The van der Waals surface area contributed by atoms with Crippen molar-refractivity contribution in [1.29, 1.82) is 0 Å². The van der Waals surface area contributed by atoms with Gasteiger partial charge in [-0.3, -0.25) is 0 Å². The maximum absolute atomic E-state index is 8.70. The average molecular weight is 320 g/mol. The largest absolute Gasteiger partial charge is 0.396 e. The van der Waals surface area contributed by atoms with Crippen LogP contribution in [0, 0.1) is 5.92 Å². The number of unbranched alkanes of at least 4 members (excludes halogenated alkanes) is 7. The standard InChI is InChI=1S/C18H37NO.ClH/c1-2-11-18-12-15-19(16-13-18)14-9-7-5-3-4-6-8-10-17-20;/h18,20H,2-17H2,1H3;1H. The van der Waals surface area contributed by atoms with E-state index in [2.05, 4.69) is 11.8 Å². The number of aliphatic hydroxyl groups excluding tert-OH is 1. The summed E-state index contributed by atoms with van der Waals surface area (Å²) >= 11 is 0. The summed E-state index contributed by atoms with van der Waals surface area (Å²) in [5.74, 6) is 1.02. The molecule has 1 heterocycles. The SMILES string of the molecule is CCCC1CCN(CCCCCCCCCCO)CC1.Cl. The van der Waals surface area contributed by atoms with Crippen molar-refractivity contribution in [1.82, 2.24) is 4.90 Å². The average Bonchev–Trinajstić information content (AvgIpc) is 2.47. The van der Waals surface area contributed by atoms with Gasteiger partial charge in [0.1, 0.15) is 0 Å². The van der Waals surface area contributed by atoms with Gasteiger partial charge >= 0.3 is 0 Å². The molecule has 0 atom stereocenters. The number of likely N-dealkylation sites (tertiary alicyclic amines) is 1. The van der Waals surface area contributed by atoms with Gasteiger partial charge in [0.15, 0.2) is 0 Å². The zero-order valence-electron chi connectivity index (χ0n) is 14.2. The van der Waals surface area contributed by atoms with Crippen LogP contribution in [0.5, 0.6) is 0 Å². The molecule has 0 radical (unpaired) electrons. The molecule has 1 saturated heterocycles. The molecule has 21 heavy (non-hydrogen) atoms. The summed E-state index contributed by atoms with van der Waals surface area (Å²) in [6.07, 6.45) is 16.2. The topological polar surface area (TPSA) is 23.5 Å². The molecule has 0 saturated carbocycles. The van der Waals surface area contributed by atoms with Crippen LogP contribution >= 0.6 is 12.4 Å². The van der Waals surface area contributed by atoms with Crippen LogP contribution in [0.1, 0.15) is 84.0 Å². The number of piperidine rings is 1. The Morgan fingerprint density at radius 3 is 1.90 bits per heavy atom. The van der Waals surface area contributed by atoms with Crippen molar-refractivity contribution in [2.24, 2.45) is 5.92 Å². The van der Waals surface area contributed by atoms with E-state index in [-0.39, 0.29) is 12.4 Å². The van der Waals surface area contributed by atoms with Gasteiger partial charge in [-0.05, 0) is 51.2 Å².